The number of hydrogen-bond donors (Lipinski definition) is 1. The first-order valence-electron chi connectivity index (χ1n) is 7.78. The quantitative estimate of drug-likeness (QED) is 0.812. The van der Waals surface area contributed by atoms with Gasteiger partial charge in [-0.05, 0) is 31.2 Å². The van der Waals surface area contributed by atoms with Crippen LogP contribution in [0.5, 0.6) is 0 Å². The molecule has 3 nitrogen and oxygen atoms in total. The molecule has 0 aromatic heterocycles. The maximum absolute atomic E-state index is 13.5. The van der Waals surface area contributed by atoms with Crippen LogP contribution in [0.4, 0.5) is 4.39 Å². The summed E-state index contributed by atoms with van der Waals surface area (Å²) in [5.74, 6) is -0.279. The lowest BCUT2D eigenvalue weighted by atomic mass is 10.1. The van der Waals surface area contributed by atoms with E-state index in [1.54, 1.807) is 18.2 Å². The zero-order valence-corrected chi connectivity index (χ0v) is 13.7. The molecule has 0 aliphatic heterocycles. The van der Waals surface area contributed by atoms with Crippen LogP contribution in [-0.4, -0.2) is 36.3 Å². The van der Waals surface area contributed by atoms with Crippen molar-refractivity contribution < 1.29 is 14.2 Å². The molecule has 2 aromatic rings. The molecular formula is C19H24FNO2. The van der Waals surface area contributed by atoms with Gasteiger partial charge in [0.1, 0.15) is 5.82 Å². The molecule has 1 atom stereocenters. The van der Waals surface area contributed by atoms with Gasteiger partial charge in [-0.25, -0.2) is 4.39 Å². The van der Waals surface area contributed by atoms with E-state index in [0.717, 1.165) is 6.54 Å². The van der Waals surface area contributed by atoms with Gasteiger partial charge >= 0.3 is 0 Å². The van der Waals surface area contributed by atoms with Crippen molar-refractivity contribution in [2.45, 2.75) is 26.2 Å². The minimum Gasteiger partial charge on any atom is -0.389 e. The lowest BCUT2D eigenvalue weighted by Gasteiger charge is -2.21. The van der Waals surface area contributed by atoms with Crippen LogP contribution in [0.25, 0.3) is 0 Å². The predicted molar refractivity (Wildman–Crippen MR) is 89.6 cm³/mol. The van der Waals surface area contributed by atoms with Crippen LogP contribution in [0.15, 0.2) is 48.5 Å². The smallest absolute Gasteiger partial charge is 0.128 e. The molecule has 2 aromatic carbocycles. The van der Waals surface area contributed by atoms with Crippen molar-refractivity contribution in [1.29, 1.82) is 0 Å². The summed E-state index contributed by atoms with van der Waals surface area (Å²) in [7, 11) is 1.96. The number of halogens is 1. The molecule has 0 aliphatic rings. The SMILES string of the molecule is Cc1ccccc1CN(C)CC(O)COCc1ccccc1F. The summed E-state index contributed by atoms with van der Waals surface area (Å²) in [6.45, 7) is 3.72. The van der Waals surface area contributed by atoms with Crippen molar-refractivity contribution in [3.8, 4) is 0 Å². The summed E-state index contributed by atoms with van der Waals surface area (Å²) in [5, 5.41) is 10.1. The molecule has 0 amide bonds. The summed E-state index contributed by atoms with van der Waals surface area (Å²) in [4.78, 5) is 2.06. The van der Waals surface area contributed by atoms with Crippen molar-refractivity contribution >= 4 is 0 Å². The Labute approximate surface area is 137 Å². The number of aryl methyl sites for hydroxylation is 1. The fourth-order valence-electron chi connectivity index (χ4n) is 2.48. The highest BCUT2D eigenvalue weighted by Crippen LogP contribution is 2.10. The standard InChI is InChI=1S/C19H24FNO2/c1-15-7-3-4-8-16(15)11-21(2)12-18(22)14-23-13-17-9-5-6-10-19(17)20/h3-10,18,22H,11-14H2,1-2H3. The molecule has 4 heteroatoms. The number of aliphatic hydroxyl groups excluding tert-OH is 1. The number of hydrogen-bond acceptors (Lipinski definition) is 3. The van der Waals surface area contributed by atoms with E-state index in [1.165, 1.54) is 17.2 Å². The topological polar surface area (TPSA) is 32.7 Å². The van der Waals surface area contributed by atoms with Gasteiger partial charge in [-0.3, -0.25) is 4.90 Å². The van der Waals surface area contributed by atoms with Gasteiger partial charge in [0.05, 0.1) is 19.3 Å². The fraction of sp³-hybridized carbons (Fsp3) is 0.368. The Morgan fingerprint density at radius 3 is 2.43 bits per heavy atom. The number of nitrogens with zero attached hydrogens (tertiary/aromatic N) is 1. The lowest BCUT2D eigenvalue weighted by Crippen LogP contribution is -2.32. The maximum Gasteiger partial charge on any atom is 0.128 e. The van der Waals surface area contributed by atoms with E-state index in [0.29, 0.717) is 12.1 Å². The van der Waals surface area contributed by atoms with E-state index >= 15 is 0 Å². The Morgan fingerprint density at radius 1 is 1.09 bits per heavy atom. The van der Waals surface area contributed by atoms with E-state index in [1.807, 2.05) is 19.2 Å². The second kappa shape index (κ2) is 8.77. The average molecular weight is 317 g/mol. The molecule has 0 aliphatic carbocycles. The number of ether oxygens (including phenoxy) is 1. The van der Waals surface area contributed by atoms with E-state index in [2.05, 4.69) is 24.0 Å². The van der Waals surface area contributed by atoms with Gasteiger partial charge in [-0.15, -0.1) is 0 Å². The third-order valence-corrected chi connectivity index (χ3v) is 3.75. The van der Waals surface area contributed by atoms with Crippen LogP contribution in [0.2, 0.25) is 0 Å². The molecule has 124 valence electrons. The van der Waals surface area contributed by atoms with Gasteiger partial charge in [0.2, 0.25) is 0 Å². The van der Waals surface area contributed by atoms with Crippen LogP contribution in [-0.2, 0) is 17.9 Å². The van der Waals surface area contributed by atoms with E-state index in [4.69, 9.17) is 4.74 Å². The molecule has 0 heterocycles. The number of aliphatic hydroxyl groups is 1. The monoisotopic (exact) mass is 317 g/mol. The number of likely N-dealkylation sites (N-methyl/N-ethyl adjacent to an activating group) is 1. The lowest BCUT2D eigenvalue weighted by molar-refractivity contribution is 0.0119. The zero-order chi connectivity index (χ0) is 16.7. The van der Waals surface area contributed by atoms with Crippen LogP contribution >= 0.6 is 0 Å². The predicted octanol–water partition coefficient (Wildman–Crippen LogP) is 3.14. The summed E-state index contributed by atoms with van der Waals surface area (Å²) in [5.41, 5.74) is 2.99. The molecule has 1 unspecified atom stereocenters. The second-order valence-corrected chi connectivity index (χ2v) is 5.88. The Hall–Kier alpha value is -1.75. The van der Waals surface area contributed by atoms with Gasteiger partial charge in [0.25, 0.3) is 0 Å². The molecule has 0 radical (unpaired) electrons. The Morgan fingerprint density at radius 2 is 1.74 bits per heavy atom. The average Bonchev–Trinajstić information content (AvgIpc) is 2.51. The Bertz CT molecular complexity index is 618. The normalized spacial score (nSPS) is 12.6. The van der Waals surface area contributed by atoms with E-state index in [9.17, 15) is 9.50 Å². The molecule has 0 saturated heterocycles. The minimum atomic E-state index is -0.601. The molecule has 0 fully saturated rings. The van der Waals surface area contributed by atoms with Gasteiger partial charge in [0.15, 0.2) is 0 Å². The highest BCUT2D eigenvalue weighted by atomic mass is 19.1. The fourth-order valence-corrected chi connectivity index (χ4v) is 2.48. The molecule has 23 heavy (non-hydrogen) atoms. The van der Waals surface area contributed by atoms with Crippen molar-refractivity contribution in [1.82, 2.24) is 4.90 Å². The van der Waals surface area contributed by atoms with Crippen LogP contribution in [0, 0.1) is 12.7 Å². The summed E-state index contributed by atoms with van der Waals surface area (Å²) in [6, 6.07) is 14.7. The molecule has 0 spiro atoms. The van der Waals surface area contributed by atoms with Gasteiger partial charge < -0.3 is 9.84 Å². The molecule has 1 N–H and O–H groups in total. The van der Waals surface area contributed by atoms with Crippen LogP contribution in [0.3, 0.4) is 0 Å². The van der Waals surface area contributed by atoms with Gasteiger partial charge in [-0.2, -0.15) is 0 Å². The summed E-state index contributed by atoms with van der Waals surface area (Å²) >= 11 is 0. The molecule has 2 rings (SSSR count). The van der Waals surface area contributed by atoms with Crippen molar-refractivity contribution in [2.75, 3.05) is 20.2 Å². The van der Waals surface area contributed by atoms with Gasteiger partial charge in [0, 0.05) is 18.7 Å². The highest BCUT2D eigenvalue weighted by molar-refractivity contribution is 5.25. The summed E-state index contributed by atoms with van der Waals surface area (Å²) in [6.07, 6.45) is -0.601. The Kier molecular flexibility index (Phi) is 6.71. The first-order valence-corrected chi connectivity index (χ1v) is 7.78. The van der Waals surface area contributed by atoms with Crippen LogP contribution < -0.4 is 0 Å². The zero-order valence-electron chi connectivity index (χ0n) is 13.7. The van der Waals surface area contributed by atoms with Crippen molar-refractivity contribution in [3.63, 3.8) is 0 Å². The van der Waals surface area contributed by atoms with E-state index in [-0.39, 0.29) is 19.0 Å². The second-order valence-electron chi connectivity index (χ2n) is 5.88. The summed E-state index contributed by atoms with van der Waals surface area (Å²) < 4.78 is 18.9. The number of benzene rings is 2. The maximum atomic E-state index is 13.5. The Balaban J connectivity index is 1.73. The van der Waals surface area contributed by atoms with E-state index < -0.39 is 6.10 Å². The third-order valence-electron chi connectivity index (χ3n) is 3.75. The third kappa shape index (κ3) is 5.75. The minimum absolute atomic E-state index is 0.172. The molecule has 0 bridgehead atoms. The van der Waals surface area contributed by atoms with Gasteiger partial charge in [-0.1, -0.05) is 42.5 Å². The molecule has 0 saturated carbocycles. The number of rotatable bonds is 8. The first-order chi connectivity index (χ1) is 11.1. The van der Waals surface area contributed by atoms with Crippen molar-refractivity contribution in [2.24, 2.45) is 0 Å². The first kappa shape index (κ1) is 17.6. The largest absolute Gasteiger partial charge is 0.389 e. The molecular weight excluding hydrogens is 293 g/mol. The highest BCUT2D eigenvalue weighted by Gasteiger charge is 2.10. The van der Waals surface area contributed by atoms with Crippen molar-refractivity contribution in [3.05, 3.63) is 71.0 Å². The van der Waals surface area contributed by atoms with Crippen LogP contribution in [0.1, 0.15) is 16.7 Å².